The van der Waals surface area contributed by atoms with Crippen LogP contribution in [0, 0.1) is 11.3 Å². The summed E-state index contributed by atoms with van der Waals surface area (Å²) in [6.45, 7) is 1.94. The van der Waals surface area contributed by atoms with E-state index in [9.17, 15) is 27.2 Å². The number of thioether (sulfide) groups is 1. The molecule has 0 aliphatic heterocycles. The van der Waals surface area contributed by atoms with Gasteiger partial charge in [-0.15, -0.1) is 11.8 Å². The summed E-state index contributed by atoms with van der Waals surface area (Å²) in [4.78, 5) is 13.4. The van der Waals surface area contributed by atoms with Crippen LogP contribution >= 0.6 is 11.8 Å². The van der Waals surface area contributed by atoms with E-state index >= 15 is 0 Å². The molecule has 0 saturated heterocycles. The predicted octanol–water partition coefficient (Wildman–Crippen LogP) is 5.54. The lowest BCUT2D eigenvalue weighted by molar-refractivity contribution is -0.289. The van der Waals surface area contributed by atoms with Gasteiger partial charge >= 0.3 is 12.1 Å². The molecule has 0 N–H and O–H groups in total. The highest BCUT2D eigenvalue weighted by molar-refractivity contribution is 7.99. The van der Waals surface area contributed by atoms with Crippen molar-refractivity contribution in [1.29, 1.82) is 5.26 Å². The van der Waals surface area contributed by atoms with Crippen molar-refractivity contribution < 1.29 is 22.0 Å². The molecule has 4 aromatic rings. The molecule has 0 radical (unpaired) electrons. The summed E-state index contributed by atoms with van der Waals surface area (Å²) in [6.07, 6.45) is 1.38. The van der Waals surface area contributed by atoms with Crippen molar-refractivity contribution in [3.63, 3.8) is 0 Å². The maximum Gasteiger partial charge on any atom is 0.458 e. The van der Waals surface area contributed by atoms with E-state index in [0.717, 1.165) is 18.4 Å². The number of hydrogen-bond acceptors (Lipinski definition) is 6. The molecular formula is C23H18F5N7S. The molecule has 0 atom stereocenters. The first-order valence-electron chi connectivity index (χ1n) is 10.9. The maximum atomic E-state index is 13.9. The van der Waals surface area contributed by atoms with Crippen LogP contribution in [0.4, 0.5) is 22.0 Å². The summed E-state index contributed by atoms with van der Waals surface area (Å²) >= 11 is 1.47. The molecule has 36 heavy (non-hydrogen) atoms. The van der Waals surface area contributed by atoms with Crippen molar-refractivity contribution in [2.75, 3.05) is 5.75 Å². The Bertz CT molecular complexity index is 1510. The zero-order valence-electron chi connectivity index (χ0n) is 19.0. The van der Waals surface area contributed by atoms with E-state index in [2.05, 4.69) is 26.1 Å². The third kappa shape index (κ3) is 3.80. The van der Waals surface area contributed by atoms with Crippen LogP contribution in [-0.4, -0.2) is 41.2 Å². The Morgan fingerprint density at radius 2 is 1.86 bits per heavy atom. The molecule has 1 aliphatic rings. The molecule has 0 unspecified atom stereocenters. The van der Waals surface area contributed by atoms with Gasteiger partial charge in [-0.05, 0) is 30.7 Å². The van der Waals surface area contributed by atoms with Gasteiger partial charge in [0.15, 0.2) is 11.5 Å². The van der Waals surface area contributed by atoms with Crippen LogP contribution in [0.1, 0.15) is 30.9 Å². The summed E-state index contributed by atoms with van der Waals surface area (Å²) in [5, 5.41) is 13.8. The Balaban J connectivity index is 1.56. The highest BCUT2D eigenvalue weighted by Crippen LogP contribution is 2.47. The Hall–Kier alpha value is -3.53. The van der Waals surface area contributed by atoms with E-state index in [-0.39, 0.29) is 17.0 Å². The van der Waals surface area contributed by atoms with Gasteiger partial charge in [-0.25, -0.2) is 19.6 Å². The number of nitrogens with zero attached hydrogens (tertiary/aromatic N) is 7. The quantitative estimate of drug-likeness (QED) is 0.246. The highest BCUT2D eigenvalue weighted by Gasteiger charge is 2.59. The lowest BCUT2D eigenvalue weighted by atomic mass is 10.0. The first-order chi connectivity index (χ1) is 17.0. The minimum atomic E-state index is -5.75. The number of pyridine rings is 2. The minimum absolute atomic E-state index is 0.102. The SMILES string of the molecule is CCSc1cc(-n2cc(C3(C#N)CC3)cn2)cnc1-c1nc2cc(C(F)(F)C(F)(F)F)cnc2n1C. The Morgan fingerprint density at radius 1 is 1.11 bits per heavy atom. The topological polar surface area (TPSA) is 85.2 Å². The van der Waals surface area contributed by atoms with Crippen LogP contribution in [-0.2, 0) is 18.4 Å². The summed E-state index contributed by atoms with van der Waals surface area (Å²) in [6, 6.07) is 4.88. The lowest BCUT2D eigenvalue weighted by Gasteiger charge is -2.19. The molecule has 186 valence electrons. The number of halogens is 5. The summed E-state index contributed by atoms with van der Waals surface area (Å²) < 4.78 is 69.3. The number of alkyl halides is 5. The van der Waals surface area contributed by atoms with E-state index in [1.807, 2.05) is 13.0 Å². The number of fused-ring (bicyclic) bond motifs is 1. The first kappa shape index (κ1) is 24.2. The van der Waals surface area contributed by atoms with Crippen LogP contribution in [0.3, 0.4) is 0 Å². The standard InChI is InChI=1S/C23H18F5N7S/c1-3-36-17-7-15(35-11-14(9-32-35)21(12-29)4-5-21)10-30-18(17)20-33-16-6-13(8-31-19(16)34(20)2)22(24,25)23(26,27)28/h6-11H,3-5H2,1-2H3. The van der Waals surface area contributed by atoms with E-state index in [4.69, 9.17) is 0 Å². The zero-order valence-corrected chi connectivity index (χ0v) is 19.8. The van der Waals surface area contributed by atoms with Gasteiger partial charge in [-0.3, -0.25) is 0 Å². The smallest absolute Gasteiger partial charge is 0.310 e. The Kier molecular flexibility index (Phi) is 5.55. The van der Waals surface area contributed by atoms with Gasteiger partial charge in [-0.2, -0.15) is 32.3 Å². The molecule has 0 bridgehead atoms. The zero-order chi connectivity index (χ0) is 25.9. The van der Waals surface area contributed by atoms with Gasteiger partial charge in [0.2, 0.25) is 0 Å². The summed E-state index contributed by atoms with van der Waals surface area (Å²) in [7, 11) is 1.59. The average Bonchev–Trinajstić information content (AvgIpc) is 3.35. The number of rotatable bonds is 6. The molecular weight excluding hydrogens is 501 g/mol. The number of aromatic nitrogens is 6. The van der Waals surface area contributed by atoms with Gasteiger partial charge in [0.25, 0.3) is 0 Å². The van der Waals surface area contributed by atoms with Gasteiger partial charge in [-0.1, -0.05) is 6.92 Å². The van der Waals surface area contributed by atoms with Crippen LogP contribution < -0.4 is 0 Å². The van der Waals surface area contributed by atoms with Crippen LogP contribution in [0.2, 0.25) is 0 Å². The number of aryl methyl sites for hydroxylation is 1. The highest BCUT2D eigenvalue weighted by atomic mass is 32.2. The molecule has 7 nitrogen and oxygen atoms in total. The molecule has 4 heterocycles. The molecule has 1 saturated carbocycles. The molecule has 13 heteroatoms. The van der Waals surface area contributed by atoms with Gasteiger partial charge in [0, 0.05) is 29.9 Å². The van der Waals surface area contributed by atoms with Crippen molar-refractivity contribution in [1.82, 2.24) is 29.3 Å². The predicted molar refractivity (Wildman–Crippen MR) is 122 cm³/mol. The second kappa shape index (κ2) is 8.26. The van der Waals surface area contributed by atoms with Gasteiger partial charge in [0.05, 0.1) is 35.1 Å². The second-order valence-corrected chi connectivity index (χ2v) is 9.78. The second-order valence-electron chi connectivity index (χ2n) is 8.47. The van der Waals surface area contributed by atoms with Gasteiger partial charge < -0.3 is 4.57 Å². The molecule has 5 rings (SSSR count). The summed E-state index contributed by atoms with van der Waals surface area (Å²) in [5.74, 6) is -4.10. The monoisotopic (exact) mass is 519 g/mol. The Morgan fingerprint density at radius 3 is 2.50 bits per heavy atom. The molecule has 0 spiro atoms. The first-order valence-corrected chi connectivity index (χ1v) is 11.9. The Labute approximate surface area is 206 Å². The molecule has 0 amide bonds. The van der Waals surface area contributed by atoms with E-state index < -0.39 is 23.1 Å². The van der Waals surface area contributed by atoms with Crippen molar-refractivity contribution in [2.24, 2.45) is 7.05 Å². The summed E-state index contributed by atoms with van der Waals surface area (Å²) in [5.41, 5.74) is 0.208. The van der Waals surface area contributed by atoms with Gasteiger partial charge in [0.1, 0.15) is 11.2 Å². The third-order valence-electron chi connectivity index (χ3n) is 6.14. The van der Waals surface area contributed by atoms with E-state index in [1.54, 1.807) is 30.3 Å². The molecule has 1 fully saturated rings. The fourth-order valence-electron chi connectivity index (χ4n) is 3.92. The number of hydrogen-bond donors (Lipinski definition) is 0. The van der Waals surface area contributed by atoms with E-state index in [1.165, 1.54) is 16.3 Å². The van der Waals surface area contributed by atoms with E-state index in [0.29, 0.717) is 34.3 Å². The average molecular weight is 520 g/mol. The normalized spacial score (nSPS) is 15.3. The minimum Gasteiger partial charge on any atom is -0.310 e. The maximum absolute atomic E-state index is 13.9. The van der Waals surface area contributed by atoms with Crippen molar-refractivity contribution in [3.8, 4) is 23.3 Å². The lowest BCUT2D eigenvalue weighted by Crippen LogP contribution is -2.33. The molecule has 0 aromatic carbocycles. The largest absolute Gasteiger partial charge is 0.458 e. The van der Waals surface area contributed by atoms with Crippen LogP contribution in [0.25, 0.3) is 28.4 Å². The number of nitriles is 1. The fourth-order valence-corrected chi connectivity index (χ4v) is 4.71. The van der Waals surface area contributed by atoms with Crippen LogP contribution in [0.15, 0.2) is 41.8 Å². The fraction of sp³-hybridized carbons (Fsp3) is 0.348. The number of imidazole rings is 1. The molecule has 4 aromatic heterocycles. The van der Waals surface area contributed by atoms with Crippen molar-refractivity contribution >= 4 is 22.9 Å². The van der Waals surface area contributed by atoms with Crippen molar-refractivity contribution in [3.05, 3.63) is 48.0 Å². The molecule has 1 aliphatic carbocycles. The third-order valence-corrected chi connectivity index (χ3v) is 7.05. The van der Waals surface area contributed by atoms with Crippen molar-refractivity contribution in [2.45, 2.75) is 42.2 Å². The van der Waals surface area contributed by atoms with Crippen LogP contribution in [0.5, 0.6) is 0 Å².